The maximum absolute atomic E-state index is 11.8. The summed E-state index contributed by atoms with van der Waals surface area (Å²) in [6.07, 6.45) is 1.19. The van der Waals surface area contributed by atoms with E-state index in [4.69, 9.17) is 0 Å². The number of aromatic carboxylic acids is 1. The molecule has 0 atom stereocenters. The lowest BCUT2D eigenvalue weighted by atomic mass is 10.0. The summed E-state index contributed by atoms with van der Waals surface area (Å²) in [6.45, 7) is 3.81. The van der Waals surface area contributed by atoms with Crippen molar-refractivity contribution >= 4 is 16.9 Å². The molecule has 1 aromatic heterocycles. The number of carbonyl (C=O) groups excluding carboxylic acids is 1. The third kappa shape index (κ3) is 1.39. The van der Waals surface area contributed by atoms with Gasteiger partial charge in [-0.1, -0.05) is 6.07 Å². The average molecular weight is 216 g/mol. The molecule has 0 saturated carbocycles. The number of rotatable bonds is 1. The number of hydrogen-bond acceptors (Lipinski definition) is 3. The van der Waals surface area contributed by atoms with Gasteiger partial charge in [0.2, 0.25) is 0 Å². The van der Waals surface area contributed by atoms with Gasteiger partial charge in [0.05, 0.1) is 17.0 Å². The van der Waals surface area contributed by atoms with Crippen molar-refractivity contribution in [1.29, 1.82) is 0 Å². The van der Waals surface area contributed by atoms with E-state index in [1.165, 1.54) is 6.20 Å². The summed E-state index contributed by atoms with van der Waals surface area (Å²) >= 11 is 0. The molecule has 0 saturated heterocycles. The highest BCUT2D eigenvalue weighted by atomic mass is 16.4. The zero-order valence-electron chi connectivity index (χ0n) is 8.96. The molecule has 0 fully saturated rings. The number of nitrogens with one attached hydrogen (secondary N) is 1. The second-order valence-electron chi connectivity index (χ2n) is 3.75. The largest absolute Gasteiger partial charge is 0.545 e. The summed E-state index contributed by atoms with van der Waals surface area (Å²) in [4.78, 5) is 25.3. The number of carboxylic acid groups (broad SMARTS) is 1. The molecule has 4 heteroatoms. The van der Waals surface area contributed by atoms with Crippen LogP contribution in [0.1, 0.15) is 21.5 Å². The predicted molar refractivity (Wildman–Crippen MR) is 58.4 cm³/mol. The van der Waals surface area contributed by atoms with Gasteiger partial charge in [0, 0.05) is 11.6 Å². The van der Waals surface area contributed by atoms with Gasteiger partial charge < -0.3 is 14.9 Å². The Morgan fingerprint density at radius 1 is 1.31 bits per heavy atom. The van der Waals surface area contributed by atoms with Gasteiger partial charge in [0.15, 0.2) is 5.43 Å². The molecule has 16 heavy (non-hydrogen) atoms. The van der Waals surface area contributed by atoms with Gasteiger partial charge in [-0.2, -0.15) is 0 Å². The van der Waals surface area contributed by atoms with E-state index in [9.17, 15) is 14.7 Å². The molecule has 1 N–H and O–H groups in total. The van der Waals surface area contributed by atoms with Gasteiger partial charge in [-0.15, -0.1) is 0 Å². The SMILES string of the molecule is Cc1ccc2c(=O)c(C(=O)[O-])c[nH]c2c1C. The fourth-order valence-corrected chi connectivity index (χ4v) is 1.70. The standard InChI is InChI=1S/C12H11NO3/c1-6-3-4-8-10(7(6)2)13-5-9(11(8)14)12(15)16/h3-5H,1-2H3,(H,13,14)(H,15,16)/p-1. The van der Waals surface area contributed by atoms with Crippen LogP contribution >= 0.6 is 0 Å². The Hall–Kier alpha value is -2.10. The number of aryl methyl sites for hydroxylation is 2. The third-order valence-corrected chi connectivity index (χ3v) is 2.81. The zero-order chi connectivity index (χ0) is 11.9. The number of H-pyrrole nitrogens is 1. The lowest BCUT2D eigenvalue weighted by molar-refractivity contribution is -0.255. The van der Waals surface area contributed by atoms with Crippen molar-refractivity contribution in [2.24, 2.45) is 0 Å². The monoisotopic (exact) mass is 216 g/mol. The van der Waals surface area contributed by atoms with E-state index in [0.717, 1.165) is 11.1 Å². The number of aromatic nitrogens is 1. The van der Waals surface area contributed by atoms with E-state index >= 15 is 0 Å². The van der Waals surface area contributed by atoms with Crippen molar-refractivity contribution in [2.45, 2.75) is 13.8 Å². The van der Waals surface area contributed by atoms with Gasteiger partial charge in [0.25, 0.3) is 0 Å². The maximum Gasteiger partial charge on any atom is 0.198 e. The minimum absolute atomic E-state index is 0.337. The Morgan fingerprint density at radius 2 is 2.00 bits per heavy atom. The first-order valence-corrected chi connectivity index (χ1v) is 4.85. The fourth-order valence-electron chi connectivity index (χ4n) is 1.70. The first kappa shape index (κ1) is 10.4. The van der Waals surface area contributed by atoms with Gasteiger partial charge in [-0.3, -0.25) is 4.79 Å². The van der Waals surface area contributed by atoms with E-state index in [1.807, 2.05) is 13.8 Å². The lowest BCUT2D eigenvalue weighted by Crippen LogP contribution is -2.29. The lowest BCUT2D eigenvalue weighted by Gasteiger charge is -2.07. The molecule has 4 nitrogen and oxygen atoms in total. The highest BCUT2D eigenvalue weighted by Gasteiger charge is 2.08. The number of carboxylic acids is 1. The molecular weight excluding hydrogens is 206 g/mol. The molecular formula is C12H10NO3-. The van der Waals surface area contributed by atoms with Gasteiger partial charge in [0.1, 0.15) is 0 Å². The minimum Gasteiger partial charge on any atom is -0.545 e. The first-order chi connectivity index (χ1) is 7.52. The summed E-state index contributed by atoms with van der Waals surface area (Å²) in [7, 11) is 0. The molecule has 0 aliphatic heterocycles. The van der Waals surface area contributed by atoms with Crippen molar-refractivity contribution < 1.29 is 9.90 Å². The van der Waals surface area contributed by atoms with Crippen molar-refractivity contribution in [2.75, 3.05) is 0 Å². The molecule has 0 bridgehead atoms. The molecule has 0 amide bonds. The minimum atomic E-state index is -1.46. The van der Waals surface area contributed by atoms with E-state index < -0.39 is 11.4 Å². The normalized spacial score (nSPS) is 10.6. The topological polar surface area (TPSA) is 73.0 Å². The molecule has 2 aromatic rings. The number of aromatic amines is 1. The summed E-state index contributed by atoms with van der Waals surface area (Å²) in [5.41, 5.74) is 1.83. The highest BCUT2D eigenvalue weighted by Crippen LogP contribution is 2.16. The zero-order valence-corrected chi connectivity index (χ0v) is 8.96. The van der Waals surface area contributed by atoms with Gasteiger partial charge in [-0.25, -0.2) is 0 Å². The van der Waals surface area contributed by atoms with Crippen molar-refractivity contribution in [3.8, 4) is 0 Å². The number of pyridine rings is 1. The molecule has 1 aromatic carbocycles. The van der Waals surface area contributed by atoms with E-state index in [2.05, 4.69) is 4.98 Å². The fraction of sp³-hybridized carbons (Fsp3) is 0.167. The van der Waals surface area contributed by atoms with Crippen molar-refractivity contribution in [3.63, 3.8) is 0 Å². The Labute approximate surface area is 91.5 Å². The van der Waals surface area contributed by atoms with Crippen LogP contribution in [0.5, 0.6) is 0 Å². The summed E-state index contributed by atoms with van der Waals surface area (Å²) < 4.78 is 0. The molecule has 82 valence electrons. The van der Waals surface area contributed by atoms with Crippen LogP contribution in [-0.4, -0.2) is 11.0 Å². The molecule has 0 aliphatic carbocycles. The smallest absolute Gasteiger partial charge is 0.198 e. The van der Waals surface area contributed by atoms with Crippen molar-refractivity contribution in [3.05, 3.63) is 45.2 Å². The number of hydrogen-bond donors (Lipinski definition) is 1. The van der Waals surface area contributed by atoms with Crippen LogP contribution in [0.4, 0.5) is 0 Å². The molecule has 0 unspecified atom stereocenters. The van der Waals surface area contributed by atoms with Crippen LogP contribution in [0.25, 0.3) is 10.9 Å². The van der Waals surface area contributed by atoms with E-state index in [0.29, 0.717) is 10.9 Å². The Bertz CT molecular complexity index is 640. The molecule has 2 rings (SSSR count). The summed E-state index contributed by atoms with van der Waals surface area (Å²) in [6, 6.07) is 3.43. The first-order valence-electron chi connectivity index (χ1n) is 4.85. The second-order valence-corrected chi connectivity index (χ2v) is 3.75. The predicted octanol–water partition coefficient (Wildman–Crippen LogP) is 0.508. The Balaban J connectivity index is 2.93. The Morgan fingerprint density at radius 3 is 2.62 bits per heavy atom. The summed E-state index contributed by atoms with van der Waals surface area (Å²) in [5, 5.41) is 11.1. The molecule has 0 aliphatic rings. The van der Waals surface area contributed by atoms with Crippen LogP contribution in [0.2, 0.25) is 0 Å². The van der Waals surface area contributed by atoms with Crippen molar-refractivity contribution in [1.82, 2.24) is 4.98 Å². The highest BCUT2D eigenvalue weighted by molar-refractivity contribution is 5.92. The van der Waals surface area contributed by atoms with Crippen LogP contribution in [0.15, 0.2) is 23.1 Å². The third-order valence-electron chi connectivity index (χ3n) is 2.81. The summed E-state index contributed by atoms with van der Waals surface area (Å²) in [5.74, 6) is -1.46. The quantitative estimate of drug-likeness (QED) is 0.754. The van der Waals surface area contributed by atoms with Crippen LogP contribution in [0, 0.1) is 13.8 Å². The number of fused-ring (bicyclic) bond motifs is 1. The average Bonchev–Trinajstić information content (AvgIpc) is 2.23. The molecule has 0 spiro atoms. The number of carbonyl (C=O) groups is 1. The molecule has 1 heterocycles. The van der Waals surface area contributed by atoms with Gasteiger partial charge >= 0.3 is 0 Å². The van der Waals surface area contributed by atoms with Crippen LogP contribution in [-0.2, 0) is 0 Å². The van der Waals surface area contributed by atoms with Crippen LogP contribution in [0.3, 0.4) is 0 Å². The van der Waals surface area contributed by atoms with Crippen LogP contribution < -0.4 is 10.5 Å². The second kappa shape index (κ2) is 3.48. The maximum atomic E-state index is 11.8. The van der Waals surface area contributed by atoms with E-state index in [-0.39, 0.29) is 5.56 Å². The number of benzene rings is 1. The van der Waals surface area contributed by atoms with Gasteiger partial charge in [-0.05, 0) is 31.0 Å². The van der Waals surface area contributed by atoms with E-state index in [1.54, 1.807) is 12.1 Å². The Kier molecular flexibility index (Phi) is 2.27. The molecule has 0 radical (unpaired) electrons.